The summed E-state index contributed by atoms with van der Waals surface area (Å²) >= 11 is 0. The van der Waals surface area contributed by atoms with E-state index in [4.69, 9.17) is 18.9 Å². The molecule has 0 spiro atoms. The maximum absolute atomic E-state index is 13.8. The Morgan fingerprint density at radius 1 is 1.07 bits per heavy atom. The molecule has 3 aromatic rings. The molecule has 0 amide bonds. The van der Waals surface area contributed by atoms with Crippen LogP contribution in [0.3, 0.4) is 0 Å². The van der Waals surface area contributed by atoms with Crippen molar-refractivity contribution in [3.8, 4) is 28.5 Å². The van der Waals surface area contributed by atoms with Gasteiger partial charge < -0.3 is 24.1 Å². The molecule has 0 radical (unpaired) electrons. The van der Waals surface area contributed by atoms with Gasteiger partial charge in [0.15, 0.2) is 11.5 Å². The Morgan fingerprint density at radius 3 is 2.40 bits per heavy atom. The number of ether oxygens (including phenoxy) is 4. The lowest BCUT2D eigenvalue weighted by molar-refractivity contribution is -0.161. The zero-order chi connectivity index (χ0) is 30.6. The Balaban J connectivity index is 1.70. The highest BCUT2D eigenvalue weighted by Crippen LogP contribution is 2.35. The summed E-state index contributed by atoms with van der Waals surface area (Å²) in [6.07, 6.45) is 3.28. The molecule has 0 saturated carbocycles. The van der Waals surface area contributed by atoms with Crippen molar-refractivity contribution >= 4 is 22.0 Å². The third-order valence-corrected chi connectivity index (χ3v) is 7.97. The molecule has 2 aromatic carbocycles. The van der Waals surface area contributed by atoms with Crippen LogP contribution in [0.25, 0.3) is 17.3 Å². The second-order valence-electron chi connectivity index (χ2n) is 10.3. The minimum atomic E-state index is -3.64. The molecule has 12 heteroatoms. The molecule has 1 aliphatic heterocycles. The Labute approximate surface area is 245 Å². The van der Waals surface area contributed by atoms with Gasteiger partial charge >= 0.3 is 0 Å². The molecule has 10 nitrogen and oxygen atoms in total. The van der Waals surface area contributed by atoms with Crippen LogP contribution >= 0.6 is 0 Å². The molecule has 1 saturated heterocycles. The number of methoxy groups -OCH3 is 2. The number of anilines is 1. The van der Waals surface area contributed by atoms with Crippen LogP contribution in [0.5, 0.6) is 17.2 Å². The number of nitrogens with zero attached hydrogens (tertiary/aromatic N) is 3. The number of sulfonamides is 1. The lowest BCUT2D eigenvalue weighted by Gasteiger charge is -2.32. The molecule has 2 heterocycles. The molecule has 1 N–H and O–H groups in total. The molecule has 1 aromatic heterocycles. The number of aliphatic hydroxyl groups is 1. The van der Waals surface area contributed by atoms with E-state index in [1.807, 2.05) is 13.8 Å². The number of aromatic nitrogens is 2. The minimum Gasteiger partial charge on any atom is -0.497 e. The maximum atomic E-state index is 13.8. The molecular formula is C30H36FN3O7S. The SMILES string of the molecule is COc1ccc(OC2CC(O)CC(C=Cc3c(-c4ccc(F)cc4)nc(N(C)S(C)(=O)=O)nc3C(C)C)O2)c(OC)c1. The van der Waals surface area contributed by atoms with Crippen molar-refractivity contribution in [2.24, 2.45) is 0 Å². The van der Waals surface area contributed by atoms with Crippen molar-refractivity contribution in [1.29, 1.82) is 0 Å². The largest absolute Gasteiger partial charge is 0.497 e. The zero-order valence-electron chi connectivity index (χ0n) is 24.4. The second-order valence-corrected chi connectivity index (χ2v) is 12.3. The lowest BCUT2D eigenvalue weighted by Crippen LogP contribution is -2.38. The first kappa shape index (κ1) is 31.2. The molecule has 1 aliphatic rings. The zero-order valence-corrected chi connectivity index (χ0v) is 25.3. The highest BCUT2D eigenvalue weighted by atomic mass is 32.2. The maximum Gasteiger partial charge on any atom is 0.239 e. The quantitative estimate of drug-likeness (QED) is 0.350. The van der Waals surface area contributed by atoms with Gasteiger partial charge in [0.2, 0.25) is 22.3 Å². The molecule has 1 fully saturated rings. The van der Waals surface area contributed by atoms with Crippen molar-refractivity contribution in [2.75, 3.05) is 31.8 Å². The van der Waals surface area contributed by atoms with Gasteiger partial charge in [0.25, 0.3) is 0 Å². The molecule has 4 rings (SSSR count). The summed E-state index contributed by atoms with van der Waals surface area (Å²) in [5.41, 5.74) is 2.24. The smallest absolute Gasteiger partial charge is 0.239 e. The summed E-state index contributed by atoms with van der Waals surface area (Å²) in [4.78, 5) is 9.18. The Bertz CT molecular complexity index is 1530. The van der Waals surface area contributed by atoms with Gasteiger partial charge in [-0.25, -0.2) is 27.1 Å². The van der Waals surface area contributed by atoms with E-state index >= 15 is 0 Å². The van der Waals surface area contributed by atoms with Gasteiger partial charge in [-0.2, -0.15) is 0 Å². The van der Waals surface area contributed by atoms with Crippen LogP contribution in [-0.2, 0) is 14.8 Å². The first-order chi connectivity index (χ1) is 19.9. The fourth-order valence-electron chi connectivity index (χ4n) is 4.51. The highest BCUT2D eigenvalue weighted by Gasteiger charge is 2.30. The number of hydrogen-bond donors (Lipinski definition) is 1. The minimum absolute atomic E-state index is 0.00363. The molecule has 3 atom stereocenters. The molecule has 3 unspecified atom stereocenters. The van der Waals surface area contributed by atoms with Gasteiger partial charge in [-0.15, -0.1) is 0 Å². The second kappa shape index (κ2) is 13.1. The van der Waals surface area contributed by atoms with Gasteiger partial charge in [-0.3, -0.25) is 0 Å². The lowest BCUT2D eigenvalue weighted by atomic mass is 9.97. The summed E-state index contributed by atoms with van der Waals surface area (Å²) < 4.78 is 62.3. The van der Waals surface area contributed by atoms with Gasteiger partial charge in [-0.1, -0.05) is 26.0 Å². The first-order valence-corrected chi connectivity index (χ1v) is 15.3. The van der Waals surface area contributed by atoms with Crippen molar-refractivity contribution in [3.63, 3.8) is 0 Å². The molecule has 226 valence electrons. The standard InChI is InChI=1S/C30H36FN3O7S/c1-18(2)28-24(29(19-7-9-20(31)10-8-19)33-30(32-28)34(3)42(6,36)37)13-11-23-15-21(35)16-27(40-23)41-25-14-12-22(38-4)17-26(25)39-5/h7-14,17-18,21,23,27,35H,15-16H2,1-6H3. The van der Waals surface area contributed by atoms with Gasteiger partial charge in [0.1, 0.15) is 11.6 Å². The van der Waals surface area contributed by atoms with Crippen LogP contribution in [0, 0.1) is 5.82 Å². The van der Waals surface area contributed by atoms with Crippen molar-refractivity contribution in [3.05, 3.63) is 65.6 Å². The Kier molecular flexibility index (Phi) is 9.70. The van der Waals surface area contributed by atoms with Crippen molar-refractivity contribution in [2.45, 2.75) is 51.1 Å². The van der Waals surface area contributed by atoms with Crippen molar-refractivity contribution in [1.82, 2.24) is 9.97 Å². The fraction of sp³-hybridized carbons (Fsp3) is 0.400. The summed E-state index contributed by atoms with van der Waals surface area (Å²) in [6.45, 7) is 3.87. The molecule has 0 aliphatic carbocycles. The summed E-state index contributed by atoms with van der Waals surface area (Å²) in [7, 11) is 0.823. The highest BCUT2D eigenvalue weighted by molar-refractivity contribution is 7.92. The van der Waals surface area contributed by atoms with E-state index in [0.29, 0.717) is 46.2 Å². The number of halogens is 1. The Hall–Kier alpha value is -3.74. The number of benzene rings is 2. The molecule has 0 bridgehead atoms. The number of rotatable bonds is 10. The van der Waals surface area contributed by atoms with Crippen molar-refractivity contribution < 1.29 is 36.9 Å². The van der Waals surface area contributed by atoms with Crippen LogP contribution in [0.4, 0.5) is 10.3 Å². The van der Waals surface area contributed by atoms with Crippen LogP contribution in [0.15, 0.2) is 48.5 Å². The summed E-state index contributed by atoms with van der Waals surface area (Å²) in [5.74, 6) is 0.996. The predicted octanol–water partition coefficient (Wildman–Crippen LogP) is 4.78. The first-order valence-electron chi connectivity index (χ1n) is 13.4. The van der Waals surface area contributed by atoms with E-state index < -0.39 is 34.3 Å². The average molecular weight is 602 g/mol. The van der Waals surface area contributed by atoms with E-state index in [-0.39, 0.29) is 18.3 Å². The van der Waals surface area contributed by atoms with Gasteiger partial charge in [0, 0.05) is 37.1 Å². The van der Waals surface area contributed by atoms with E-state index in [0.717, 1.165) is 10.6 Å². The number of hydrogen-bond acceptors (Lipinski definition) is 9. The monoisotopic (exact) mass is 601 g/mol. The molecular weight excluding hydrogens is 565 g/mol. The van der Waals surface area contributed by atoms with E-state index in [1.165, 1.54) is 26.3 Å². The predicted molar refractivity (Wildman–Crippen MR) is 158 cm³/mol. The topological polar surface area (TPSA) is 120 Å². The van der Waals surface area contributed by atoms with Crippen LogP contribution in [0.1, 0.15) is 43.9 Å². The van der Waals surface area contributed by atoms with E-state index in [2.05, 4.69) is 9.97 Å². The van der Waals surface area contributed by atoms with Crippen LogP contribution in [0.2, 0.25) is 0 Å². The third-order valence-electron chi connectivity index (χ3n) is 6.81. The van der Waals surface area contributed by atoms with Gasteiger partial charge in [-0.05, 0) is 42.3 Å². The third kappa shape index (κ3) is 7.36. The molecule has 42 heavy (non-hydrogen) atoms. The van der Waals surface area contributed by atoms with E-state index in [9.17, 15) is 17.9 Å². The van der Waals surface area contributed by atoms with Gasteiger partial charge in [0.05, 0.1) is 44.1 Å². The van der Waals surface area contributed by atoms with E-state index in [1.54, 1.807) is 49.6 Å². The normalized spacial score (nSPS) is 19.2. The summed E-state index contributed by atoms with van der Waals surface area (Å²) in [5, 5.41) is 10.6. The Morgan fingerprint density at radius 2 is 1.79 bits per heavy atom. The van der Waals surface area contributed by atoms with Crippen LogP contribution in [-0.4, -0.2) is 69.5 Å². The number of aliphatic hydroxyl groups excluding tert-OH is 1. The van der Waals surface area contributed by atoms with Crippen LogP contribution < -0.4 is 18.5 Å². The average Bonchev–Trinajstić information content (AvgIpc) is 2.95. The summed E-state index contributed by atoms with van der Waals surface area (Å²) in [6, 6.07) is 10.9. The fourth-order valence-corrected chi connectivity index (χ4v) is 4.88.